The molecule has 1 unspecified atom stereocenters. The van der Waals surface area contributed by atoms with Gasteiger partial charge in [0.15, 0.2) is 16.6 Å². The normalized spacial score (nSPS) is 26.5. The summed E-state index contributed by atoms with van der Waals surface area (Å²) in [5.41, 5.74) is 8.18. The highest BCUT2D eigenvalue weighted by Crippen LogP contribution is 2.57. The Morgan fingerprint density at radius 1 is 0.811 bits per heavy atom. The number of aromatic nitrogens is 2. The van der Waals surface area contributed by atoms with E-state index in [0.29, 0.717) is 24.8 Å². The first-order chi connectivity index (χ1) is 24.9. The van der Waals surface area contributed by atoms with Crippen LogP contribution in [0, 0.1) is 23.2 Å². The van der Waals surface area contributed by atoms with Crippen molar-refractivity contribution in [3.05, 3.63) is 60.2 Å². The molecule has 4 fully saturated rings. The Labute approximate surface area is 326 Å². The van der Waals surface area contributed by atoms with Gasteiger partial charge in [-0.25, -0.2) is 0 Å². The molecule has 0 amide bonds. The van der Waals surface area contributed by atoms with E-state index in [9.17, 15) is 0 Å². The van der Waals surface area contributed by atoms with E-state index in [4.69, 9.17) is 37.2 Å². The smallest absolute Gasteiger partial charge is 0.191 e. The van der Waals surface area contributed by atoms with Crippen molar-refractivity contribution < 1.29 is 18.3 Å². The van der Waals surface area contributed by atoms with Gasteiger partial charge in [0, 0.05) is 80.1 Å². The Balaban J connectivity index is 0.000000221. The minimum absolute atomic E-state index is 0.0463. The number of pyridine rings is 2. The Hall–Kier alpha value is -1.91. The second-order valence-corrected chi connectivity index (χ2v) is 28.1. The summed E-state index contributed by atoms with van der Waals surface area (Å²) in [5, 5.41) is 9.66. The first-order valence-corrected chi connectivity index (χ1v) is 25.8. The molecule has 11 heteroatoms. The predicted molar refractivity (Wildman–Crippen MR) is 223 cm³/mol. The molecule has 2 radical (unpaired) electrons. The van der Waals surface area contributed by atoms with E-state index in [1.807, 2.05) is 36.7 Å². The van der Waals surface area contributed by atoms with Crippen LogP contribution in [-0.2, 0) is 29.2 Å². The van der Waals surface area contributed by atoms with Crippen LogP contribution in [0.25, 0.3) is 0 Å². The number of ether oxygens (including phenoxy) is 2. The highest BCUT2D eigenvalue weighted by atomic mass is 28.4. The van der Waals surface area contributed by atoms with Crippen LogP contribution >= 0.6 is 0 Å². The van der Waals surface area contributed by atoms with Crippen LogP contribution in [-0.4, -0.2) is 80.0 Å². The third-order valence-electron chi connectivity index (χ3n) is 12.5. The lowest BCUT2D eigenvalue weighted by Gasteiger charge is -2.36. The van der Waals surface area contributed by atoms with Crippen LogP contribution in [0.1, 0.15) is 104 Å². The molecule has 2 saturated carbocycles. The zero-order chi connectivity index (χ0) is 39.4. The molecule has 8 nitrogen and oxygen atoms in total. The third kappa shape index (κ3) is 13.1. The maximum absolute atomic E-state index is 9.17. The number of nitrogens with two attached hydrogens (primary N) is 1. The van der Waals surface area contributed by atoms with Crippen LogP contribution in [0.2, 0.25) is 36.3 Å². The van der Waals surface area contributed by atoms with E-state index in [2.05, 4.69) is 95.9 Å². The van der Waals surface area contributed by atoms with E-state index in [1.54, 1.807) is 0 Å². The molecule has 4 aliphatic rings. The third-order valence-corrected chi connectivity index (χ3v) is 21.5. The number of hydrogen-bond donors (Lipinski definition) is 1. The van der Waals surface area contributed by atoms with Crippen LogP contribution in [0.15, 0.2) is 48.8 Å². The van der Waals surface area contributed by atoms with Crippen LogP contribution in [0.5, 0.6) is 0 Å². The molecule has 4 heterocycles. The van der Waals surface area contributed by atoms with Crippen LogP contribution in [0.3, 0.4) is 0 Å². The van der Waals surface area contributed by atoms with Gasteiger partial charge in [-0.3, -0.25) is 9.97 Å². The van der Waals surface area contributed by atoms with Gasteiger partial charge in [-0.1, -0.05) is 53.7 Å². The average molecular weight is 763 g/mol. The largest absolute Gasteiger partial charge is 0.417 e. The fraction of sp³-hybridized carbons (Fsp3) is 0.738. The molecule has 294 valence electrons. The first-order valence-electron chi connectivity index (χ1n) is 20.0. The standard InChI is InChI=1S/C17H30N2OSi.C17H26N2OSi.C4H7BO.C4H8O/c2*1-16(2,3)21(4,5)20-13-14-12-17(14,9-10-18)15-8-6-7-11-19-15;5-4-2-1-3-6-4;1-2-4-5-3-1/h6-8,11,14H,9-10,12-13,18H2,1-5H3;6-8,11,14H,9,12-13H2,1-5H3;4H,1-3H2;1-4H2/t2*14-,17+;;/m11../s1. The van der Waals surface area contributed by atoms with Crippen molar-refractivity contribution in [3.63, 3.8) is 0 Å². The summed E-state index contributed by atoms with van der Waals surface area (Å²) in [6, 6.07) is 14.6. The maximum atomic E-state index is 9.17. The van der Waals surface area contributed by atoms with Crippen molar-refractivity contribution in [2.24, 2.45) is 17.6 Å². The van der Waals surface area contributed by atoms with Crippen LogP contribution in [0.4, 0.5) is 0 Å². The van der Waals surface area contributed by atoms with Gasteiger partial charge in [-0.05, 0) is 124 Å². The molecule has 2 aliphatic carbocycles. The zero-order valence-corrected chi connectivity index (χ0v) is 36.9. The van der Waals surface area contributed by atoms with Gasteiger partial charge in [0.05, 0.1) is 6.07 Å². The predicted octanol–water partition coefficient (Wildman–Crippen LogP) is 9.07. The van der Waals surface area contributed by atoms with Gasteiger partial charge in [-0.15, -0.1) is 0 Å². The van der Waals surface area contributed by atoms with Crippen molar-refractivity contribution in [2.75, 3.05) is 39.6 Å². The topological polar surface area (TPSA) is 113 Å². The van der Waals surface area contributed by atoms with Crippen molar-refractivity contribution >= 4 is 24.5 Å². The minimum atomic E-state index is -1.72. The summed E-state index contributed by atoms with van der Waals surface area (Å²) < 4.78 is 22.6. The molecule has 2 aliphatic heterocycles. The molecule has 0 spiro atoms. The molecular formula is C42H71BN4O4Si2. The molecule has 2 aromatic heterocycles. The van der Waals surface area contributed by atoms with Crippen molar-refractivity contribution in [2.45, 2.75) is 146 Å². The zero-order valence-electron chi connectivity index (χ0n) is 34.9. The lowest BCUT2D eigenvalue weighted by atomic mass is 9.94. The summed E-state index contributed by atoms with van der Waals surface area (Å²) >= 11 is 0. The Morgan fingerprint density at radius 2 is 1.30 bits per heavy atom. The SMILES string of the molecule is C1CCOC1.CC(C)(C)[Si](C)(C)OC[C@H]1C[C@]1(CC#N)c1ccccn1.CC(C)(C)[Si](C)(C)OC[C@H]1C[C@]1(CCN)c1ccccn1.[B]C1CCCO1. The summed E-state index contributed by atoms with van der Waals surface area (Å²) in [5.74, 6) is 1.01. The Kier molecular flexibility index (Phi) is 17.0. The molecule has 6 rings (SSSR count). The molecule has 2 N–H and O–H groups in total. The highest BCUT2D eigenvalue weighted by molar-refractivity contribution is 6.74. The fourth-order valence-electron chi connectivity index (χ4n) is 6.44. The Morgan fingerprint density at radius 3 is 1.64 bits per heavy atom. The van der Waals surface area contributed by atoms with E-state index in [0.717, 1.165) is 70.8 Å². The monoisotopic (exact) mass is 763 g/mol. The summed E-state index contributed by atoms with van der Waals surface area (Å²) in [4.78, 5) is 9.05. The summed E-state index contributed by atoms with van der Waals surface area (Å²) in [6.45, 7) is 28.0. The summed E-state index contributed by atoms with van der Waals surface area (Å²) in [7, 11) is 1.93. The van der Waals surface area contributed by atoms with Gasteiger partial charge in [0.1, 0.15) is 7.85 Å². The lowest BCUT2D eigenvalue weighted by molar-refractivity contribution is 0.168. The van der Waals surface area contributed by atoms with Gasteiger partial charge >= 0.3 is 0 Å². The second-order valence-electron chi connectivity index (χ2n) is 18.4. The van der Waals surface area contributed by atoms with E-state index in [1.165, 1.54) is 18.5 Å². The van der Waals surface area contributed by atoms with Gasteiger partial charge in [-0.2, -0.15) is 5.26 Å². The quantitative estimate of drug-likeness (QED) is 0.226. The maximum Gasteiger partial charge on any atom is 0.191 e. The van der Waals surface area contributed by atoms with Gasteiger partial charge in [0.2, 0.25) is 0 Å². The van der Waals surface area contributed by atoms with Crippen molar-refractivity contribution in [1.29, 1.82) is 5.26 Å². The molecule has 53 heavy (non-hydrogen) atoms. The van der Waals surface area contributed by atoms with E-state index in [-0.39, 0.29) is 26.9 Å². The number of nitrogens with zero attached hydrogens (tertiary/aromatic N) is 3. The Bertz CT molecular complexity index is 1380. The number of nitriles is 1. The molecule has 0 aromatic carbocycles. The van der Waals surface area contributed by atoms with Gasteiger partial charge in [0.25, 0.3) is 0 Å². The van der Waals surface area contributed by atoms with E-state index >= 15 is 0 Å². The van der Waals surface area contributed by atoms with Gasteiger partial charge < -0.3 is 24.1 Å². The van der Waals surface area contributed by atoms with Crippen LogP contribution < -0.4 is 5.73 Å². The summed E-state index contributed by atoms with van der Waals surface area (Å²) in [6.07, 6.45) is 12.2. The van der Waals surface area contributed by atoms with E-state index < -0.39 is 16.6 Å². The minimum Gasteiger partial charge on any atom is -0.417 e. The molecule has 5 atom stereocenters. The number of rotatable bonds is 11. The van der Waals surface area contributed by atoms with Crippen molar-refractivity contribution in [1.82, 2.24) is 9.97 Å². The molecule has 2 aromatic rings. The number of hydrogen-bond acceptors (Lipinski definition) is 8. The fourth-order valence-corrected chi connectivity index (χ4v) is 8.55. The highest BCUT2D eigenvalue weighted by Gasteiger charge is 2.57. The molecular weight excluding hydrogens is 691 g/mol. The lowest BCUT2D eigenvalue weighted by Crippen LogP contribution is -2.41. The molecule has 0 bridgehead atoms. The average Bonchev–Trinajstić information content (AvgIpc) is 3.73. The van der Waals surface area contributed by atoms with Crippen molar-refractivity contribution in [3.8, 4) is 6.07 Å². The first kappa shape index (κ1) is 45.5. The second kappa shape index (κ2) is 19.8. The molecule has 2 saturated heterocycles.